The van der Waals surface area contributed by atoms with Gasteiger partial charge in [0.15, 0.2) is 6.29 Å². The lowest BCUT2D eigenvalue weighted by molar-refractivity contribution is 0.0661. The molecule has 1 aromatic rings. The molecular formula is C7H6O4. The van der Waals surface area contributed by atoms with Gasteiger partial charge in [0.2, 0.25) is 5.76 Å². The predicted molar refractivity (Wildman–Crippen MR) is 35.8 cm³/mol. The van der Waals surface area contributed by atoms with Crippen LogP contribution in [0.15, 0.2) is 10.5 Å². The van der Waals surface area contributed by atoms with E-state index in [-0.39, 0.29) is 11.3 Å². The van der Waals surface area contributed by atoms with Crippen LogP contribution in [0.1, 0.15) is 26.7 Å². The maximum Gasteiger partial charge on any atom is 0.371 e. The van der Waals surface area contributed by atoms with E-state index in [9.17, 15) is 9.59 Å². The fourth-order valence-electron chi connectivity index (χ4n) is 0.719. The first kappa shape index (κ1) is 7.53. The van der Waals surface area contributed by atoms with Crippen LogP contribution in [0.25, 0.3) is 0 Å². The van der Waals surface area contributed by atoms with E-state index >= 15 is 0 Å². The second-order valence-corrected chi connectivity index (χ2v) is 2.05. The fraction of sp³-hybridized carbons (Fsp3) is 0.143. The number of carbonyl (C=O) groups is 2. The number of furan rings is 1. The lowest BCUT2D eigenvalue weighted by Gasteiger charge is -1.82. The van der Waals surface area contributed by atoms with Crippen LogP contribution in [0.5, 0.6) is 0 Å². The van der Waals surface area contributed by atoms with Gasteiger partial charge in [0.1, 0.15) is 5.76 Å². The molecule has 0 atom stereocenters. The minimum absolute atomic E-state index is 0.204. The fourth-order valence-corrected chi connectivity index (χ4v) is 0.719. The molecule has 1 N–H and O–H groups in total. The van der Waals surface area contributed by atoms with Crippen LogP contribution in [0, 0.1) is 6.92 Å². The average Bonchev–Trinajstić information content (AvgIpc) is 2.31. The monoisotopic (exact) mass is 154 g/mol. The normalized spacial score (nSPS) is 9.55. The van der Waals surface area contributed by atoms with E-state index in [2.05, 4.69) is 0 Å². The molecule has 0 aliphatic rings. The predicted octanol–water partition coefficient (Wildman–Crippen LogP) is 1.10. The van der Waals surface area contributed by atoms with Gasteiger partial charge in [0, 0.05) is 6.07 Å². The van der Waals surface area contributed by atoms with Crippen LogP contribution in [0.4, 0.5) is 0 Å². The van der Waals surface area contributed by atoms with Crippen LogP contribution in [-0.4, -0.2) is 17.4 Å². The minimum Gasteiger partial charge on any atom is -0.475 e. The van der Waals surface area contributed by atoms with Crippen LogP contribution >= 0.6 is 0 Å². The van der Waals surface area contributed by atoms with Crippen LogP contribution < -0.4 is 0 Å². The van der Waals surface area contributed by atoms with Crippen molar-refractivity contribution >= 4 is 12.3 Å². The van der Waals surface area contributed by atoms with Gasteiger partial charge in [-0.15, -0.1) is 0 Å². The van der Waals surface area contributed by atoms with E-state index in [0.29, 0.717) is 12.0 Å². The van der Waals surface area contributed by atoms with Gasteiger partial charge in [-0.25, -0.2) is 4.79 Å². The Bertz CT molecular complexity index is 297. The van der Waals surface area contributed by atoms with E-state index in [1.54, 1.807) is 0 Å². The van der Waals surface area contributed by atoms with E-state index in [0.717, 1.165) is 0 Å². The molecule has 0 aromatic carbocycles. The van der Waals surface area contributed by atoms with Crippen molar-refractivity contribution in [2.24, 2.45) is 0 Å². The summed E-state index contributed by atoms with van der Waals surface area (Å²) in [5, 5.41) is 8.41. The van der Waals surface area contributed by atoms with Gasteiger partial charge in [-0.05, 0) is 6.92 Å². The van der Waals surface area contributed by atoms with Crippen molar-refractivity contribution in [1.82, 2.24) is 0 Å². The summed E-state index contributed by atoms with van der Waals surface area (Å²) in [6, 6.07) is 1.20. The molecule has 0 spiro atoms. The van der Waals surface area contributed by atoms with E-state index in [1.165, 1.54) is 13.0 Å². The Kier molecular flexibility index (Phi) is 1.76. The van der Waals surface area contributed by atoms with Gasteiger partial charge in [-0.1, -0.05) is 0 Å². The molecule has 0 aliphatic carbocycles. The van der Waals surface area contributed by atoms with E-state index in [4.69, 9.17) is 9.52 Å². The molecule has 0 unspecified atom stereocenters. The van der Waals surface area contributed by atoms with Crippen molar-refractivity contribution in [3.63, 3.8) is 0 Å². The molecule has 0 aliphatic heterocycles. The van der Waals surface area contributed by atoms with Gasteiger partial charge in [-0.3, -0.25) is 4.79 Å². The van der Waals surface area contributed by atoms with E-state index in [1.807, 2.05) is 0 Å². The zero-order valence-electron chi connectivity index (χ0n) is 5.83. The Balaban J connectivity index is 3.14. The first-order valence-corrected chi connectivity index (χ1v) is 2.94. The molecular weight excluding hydrogens is 148 g/mol. The standard InChI is InChI=1S/C7H6O4/c1-4-5(3-8)2-6(11-4)7(9)10/h2-3H,1H3,(H,9,10). The number of hydrogen-bond donors (Lipinski definition) is 1. The lowest BCUT2D eigenvalue weighted by atomic mass is 10.3. The third-order valence-electron chi connectivity index (χ3n) is 1.29. The maximum absolute atomic E-state index is 10.3. The summed E-state index contributed by atoms with van der Waals surface area (Å²) in [7, 11) is 0. The SMILES string of the molecule is Cc1oc(C(=O)O)cc1C=O. The molecule has 0 amide bonds. The van der Waals surface area contributed by atoms with Gasteiger partial charge < -0.3 is 9.52 Å². The third-order valence-corrected chi connectivity index (χ3v) is 1.29. The summed E-state index contributed by atoms with van der Waals surface area (Å²) < 4.78 is 4.74. The molecule has 0 bridgehead atoms. The molecule has 1 aromatic heterocycles. The number of hydrogen-bond acceptors (Lipinski definition) is 3. The molecule has 0 saturated carbocycles. The molecule has 58 valence electrons. The average molecular weight is 154 g/mol. The maximum atomic E-state index is 10.3. The Hall–Kier alpha value is -1.58. The molecule has 4 nitrogen and oxygen atoms in total. The Labute approximate surface area is 62.4 Å². The summed E-state index contributed by atoms with van der Waals surface area (Å²) in [6.07, 6.45) is 0.561. The van der Waals surface area contributed by atoms with Crippen LogP contribution in [0.3, 0.4) is 0 Å². The quantitative estimate of drug-likeness (QED) is 0.647. The Morgan fingerprint density at radius 1 is 1.73 bits per heavy atom. The Morgan fingerprint density at radius 2 is 2.36 bits per heavy atom. The summed E-state index contributed by atoms with van der Waals surface area (Å²) in [5.74, 6) is -1.04. The second-order valence-electron chi connectivity index (χ2n) is 2.05. The first-order valence-electron chi connectivity index (χ1n) is 2.94. The van der Waals surface area contributed by atoms with Crippen molar-refractivity contribution in [1.29, 1.82) is 0 Å². The van der Waals surface area contributed by atoms with Gasteiger partial charge in [0.05, 0.1) is 5.56 Å². The topological polar surface area (TPSA) is 67.5 Å². The molecule has 0 fully saturated rings. The number of carboxylic acid groups (broad SMARTS) is 1. The second kappa shape index (κ2) is 2.57. The summed E-state index contributed by atoms with van der Waals surface area (Å²) >= 11 is 0. The largest absolute Gasteiger partial charge is 0.475 e. The van der Waals surface area contributed by atoms with Crippen molar-refractivity contribution in [2.75, 3.05) is 0 Å². The number of carbonyl (C=O) groups excluding carboxylic acids is 1. The molecule has 4 heteroatoms. The van der Waals surface area contributed by atoms with Crippen LogP contribution in [-0.2, 0) is 0 Å². The molecule has 0 radical (unpaired) electrons. The number of aldehydes is 1. The van der Waals surface area contributed by atoms with Gasteiger partial charge >= 0.3 is 5.97 Å². The number of aromatic carboxylic acids is 1. The number of carboxylic acids is 1. The minimum atomic E-state index is -1.17. The van der Waals surface area contributed by atoms with Gasteiger partial charge in [-0.2, -0.15) is 0 Å². The van der Waals surface area contributed by atoms with E-state index < -0.39 is 5.97 Å². The van der Waals surface area contributed by atoms with Crippen molar-refractivity contribution < 1.29 is 19.1 Å². The van der Waals surface area contributed by atoms with Crippen molar-refractivity contribution in [3.8, 4) is 0 Å². The highest BCUT2D eigenvalue weighted by molar-refractivity contribution is 5.88. The molecule has 1 rings (SSSR count). The smallest absolute Gasteiger partial charge is 0.371 e. The molecule has 0 saturated heterocycles. The molecule has 11 heavy (non-hydrogen) atoms. The zero-order valence-corrected chi connectivity index (χ0v) is 5.83. The van der Waals surface area contributed by atoms with Crippen molar-refractivity contribution in [3.05, 3.63) is 23.2 Å². The number of aryl methyl sites for hydroxylation is 1. The third kappa shape index (κ3) is 1.29. The van der Waals surface area contributed by atoms with Crippen LogP contribution in [0.2, 0.25) is 0 Å². The summed E-state index contributed by atoms with van der Waals surface area (Å²) in [6.45, 7) is 1.54. The summed E-state index contributed by atoms with van der Waals surface area (Å²) in [5.41, 5.74) is 0.280. The van der Waals surface area contributed by atoms with Crippen molar-refractivity contribution in [2.45, 2.75) is 6.92 Å². The van der Waals surface area contributed by atoms with Gasteiger partial charge in [0.25, 0.3) is 0 Å². The lowest BCUT2D eigenvalue weighted by Crippen LogP contribution is -1.91. The molecule has 1 heterocycles. The highest BCUT2D eigenvalue weighted by atomic mass is 16.4. The highest BCUT2D eigenvalue weighted by Gasteiger charge is 2.11. The summed E-state index contributed by atoms with van der Waals surface area (Å²) in [4.78, 5) is 20.5. The highest BCUT2D eigenvalue weighted by Crippen LogP contribution is 2.11. The Morgan fingerprint density at radius 3 is 2.64 bits per heavy atom. The zero-order chi connectivity index (χ0) is 8.43. The number of rotatable bonds is 2. The first-order chi connectivity index (χ1) is 5.15.